The number of nitrogens with zero attached hydrogens (tertiary/aromatic N) is 1. The maximum absolute atomic E-state index is 12.5. The zero-order valence-corrected chi connectivity index (χ0v) is 12.3. The summed E-state index contributed by atoms with van der Waals surface area (Å²) in [6.45, 7) is 3.10. The molecule has 1 aromatic heterocycles. The molecule has 3 nitrogen and oxygen atoms in total. The summed E-state index contributed by atoms with van der Waals surface area (Å²) in [6.07, 6.45) is 5.61. The molecule has 4 heteroatoms. The highest BCUT2D eigenvalue weighted by Gasteiger charge is 2.34. The van der Waals surface area contributed by atoms with Crippen LogP contribution in [0.3, 0.4) is 0 Å². The van der Waals surface area contributed by atoms with Crippen molar-refractivity contribution in [3.05, 3.63) is 22.4 Å². The van der Waals surface area contributed by atoms with Gasteiger partial charge in [-0.3, -0.25) is 4.79 Å². The van der Waals surface area contributed by atoms with E-state index in [1.54, 1.807) is 11.3 Å². The van der Waals surface area contributed by atoms with Gasteiger partial charge < -0.3 is 10.2 Å². The van der Waals surface area contributed by atoms with Gasteiger partial charge in [-0.05, 0) is 61.4 Å². The zero-order valence-electron chi connectivity index (χ0n) is 11.5. The lowest BCUT2D eigenvalue weighted by Gasteiger charge is -2.37. The highest BCUT2D eigenvalue weighted by Crippen LogP contribution is 2.24. The largest absolute Gasteiger partial charge is 0.338 e. The van der Waals surface area contributed by atoms with Gasteiger partial charge in [0, 0.05) is 18.6 Å². The van der Waals surface area contributed by atoms with E-state index in [2.05, 4.69) is 34.0 Å². The molecule has 19 heavy (non-hydrogen) atoms. The molecule has 1 aliphatic heterocycles. The summed E-state index contributed by atoms with van der Waals surface area (Å²) in [5.41, 5.74) is 1.35. The molecular weight excluding hydrogens is 256 g/mol. The Bertz CT molecular complexity index is 427. The smallest absolute Gasteiger partial charge is 0.239 e. The predicted molar refractivity (Wildman–Crippen MR) is 78.4 cm³/mol. The molecule has 1 N–H and O–H groups in total. The first kappa shape index (κ1) is 13.1. The lowest BCUT2D eigenvalue weighted by atomic mass is 10.0. The maximum Gasteiger partial charge on any atom is 0.239 e. The number of rotatable bonds is 5. The number of hydrogen-bond donors (Lipinski definition) is 1. The highest BCUT2D eigenvalue weighted by atomic mass is 32.1. The van der Waals surface area contributed by atoms with E-state index < -0.39 is 0 Å². The van der Waals surface area contributed by atoms with Gasteiger partial charge in [0.2, 0.25) is 5.91 Å². The summed E-state index contributed by atoms with van der Waals surface area (Å²) >= 11 is 1.73. The molecule has 1 aliphatic carbocycles. The minimum Gasteiger partial charge on any atom is -0.338 e. The van der Waals surface area contributed by atoms with Crippen LogP contribution in [0.4, 0.5) is 0 Å². The standard InChI is InChI=1S/C15H22N2OS/c1-11(9-12-6-8-19-10-12)17-7-2-3-14(15(17)18)16-13-4-5-13/h6,8,10-11,13-14,16H,2-5,7,9H2,1H3. The van der Waals surface area contributed by atoms with Crippen molar-refractivity contribution in [2.24, 2.45) is 0 Å². The topological polar surface area (TPSA) is 32.3 Å². The fourth-order valence-corrected chi connectivity index (χ4v) is 3.57. The van der Waals surface area contributed by atoms with Gasteiger partial charge in [-0.15, -0.1) is 0 Å². The number of thiophene rings is 1. The third-order valence-electron chi connectivity index (χ3n) is 4.13. The van der Waals surface area contributed by atoms with E-state index in [1.165, 1.54) is 18.4 Å². The van der Waals surface area contributed by atoms with Crippen molar-refractivity contribution in [1.82, 2.24) is 10.2 Å². The molecule has 2 fully saturated rings. The van der Waals surface area contributed by atoms with E-state index in [0.717, 1.165) is 25.8 Å². The van der Waals surface area contributed by atoms with Gasteiger partial charge in [-0.25, -0.2) is 0 Å². The fourth-order valence-electron chi connectivity index (χ4n) is 2.89. The SMILES string of the molecule is CC(Cc1ccsc1)N1CCCC(NC2CC2)C1=O. The summed E-state index contributed by atoms with van der Waals surface area (Å²) < 4.78 is 0. The van der Waals surface area contributed by atoms with E-state index in [9.17, 15) is 4.79 Å². The minimum absolute atomic E-state index is 0.0752. The molecule has 0 radical (unpaired) electrons. The van der Waals surface area contributed by atoms with Crippen molar-refractivity contribution >= 4 is 17.2 Å². The van der Waals surface area contributed by atoms with Crippen LogP contribution in [-0.2, 0) is 11.2 Å². The lowest BCUT2D eigenvalue weighted by Crippen LogP contribution is -2.54. The van der Waals surface area contributed by atoms with Crippen molar-refractivity contribution in [3.8, 4) is 0 Å². The molecule has 1 aromatic rings. The Hall–Kier alpha value is -0.870. The maximum atomic E-state index is 12.5. The molecule has 104 valence electrons. The molecule has 1 saturated carbocycles. The predicted octanol–water partition coefficient (Wildman–Crippen LogP) is 2.42. The Kier molecular flexibility index (Phi) is 3.89. The lowest BCUT2D eigenvalue weighted by molar-refractivity contribution is -0.138. The summed E-state index contributed by atoms with van der Waals surface area (Å²) in [5, 5.41) is 7.79. The molecule has 1 amide bonds. The second kappa shape index (κ2) is 5.63. The van der Waals surface area contributed by atoms with Gasteiger partial charge in [0.15, 0.2) is 0 Å². The monoisotopic (exact) mass is 278 g/mol. The van der Waals surface area contributed by atoms with Crippen molar-refractivity contribution in [2.75, 3.05) is 6.54 Å². The van der Waals surface area contributed by atoms with Gasteiger partial charge in [-0.2, -0.15) is 11.3 Å². The third-order valence-corrected chi connectivity index (χ3v) is 4.86. The number of nitrogens with one attached hydrogen (secondary N) is 1. The van der Waals surface area contributed by atoms with Gasteiger partial charge in [0.1, 0.15) is 0 Å². The van der Waals surface area contributed by atoms with Crippen LogP contribution in [0.15, 0.2) is 16.8 Å². The summed E-state index contributed by atoms with van der Waals surface area (Å²) in [4.78, 5) is 14.6. The van der Waals surface area contributed by atoms with Crippen LogP contribution in [0, 0.1) is 0 Å². The first-order chi connectivity index (χ1) is 9.24. The molecule has 2 unspecified atom stereocenters. The zero-order chi connectivity index (χ0) is 13.2. The van der Waals surface area contributed by atoms with Crippen molar-refractivity contribution in [3.63, 3.8) is 0 Å². The molecule has 1 saturated heterocycles. The molecule has 0 spiro atoms. The molecule has 3 rings (SSSR count). The van der Waals surface area contributed by atoms with Crippen molar-refractivity contribution in [2.45, 2.75) is 57.2 Å². The number of carbonyl (C=O) groups excluding carboxylic acids is 1. The highest BCUT2D eigenvalue weighted by molar-refractivity contribution is 7.07. The molecular formula is C15H22N2OS. The van der Waals surface area contributed by atoms with Crippen LogP contribution in [0.5, 0.6) is 0 Å². The Morgan fingerprint density at radius 2 is 2.32 bits per heavy atom. The Labute approximate surface area is 119 Å². The summed E-state index contributed by atoms with van der Waals surface area (Å²) in [6, 6.07) is 3.16. The van der Waals surface area contributed by atoms with Gasteiger partial charge >= 0.3 is 0 Å². The van der Waals surface area contributed by atoms with E-state index in [-0.39, 0.29) is 6.04 Å². The van der Waals surface area contributed by atoms with Crippen molar-refractivity contribution < 1.29 is 4.79 Å². The van der Waals surface area contributed by atoms with E-state index >= 15 is 0 Å². The molecule has 2 atom stereocenters. The molecule has 0 bridgehead atoms. The number of piperidine rings is 1. The van der Waals surface area contributed by atoms with E-state index in [1.807, 2.05) is 0 Å². The Morgan fingerprint density at radius 3 is 3.00 bits per heavy atom. The average Bonchev–Trinajstić information content (AvgIpc) is 3.07. The molecule has 2 heterocycles. The molecule has 2 aliphatic rings. The second-order valence-corrected chi connectivity index (χ2v) is 6.63. The Balaban J connectivity index is 1.60. The van der Waals surface area contributed by atoms with Crippen LogP contribution in [0.25, 0.3) is 0 Å². The first-order valence-electron chi connectivity index (χ1n) is 7.31. The van der Waals surface area contributed by atoms with Crippen LogP contribution < -0.4 is 5.32 Å². The van der Waals surface area contributed by atoms with Crippen LogP contribution in [0.1, 0.15) is 38.2 Å². The van der Waals surface area contributed by atoms with Crippen LogP contribution in [-0.4, -0.2) is 35.5 Å². The average molecular weight is 278 g/mol. The van der Waals surface area contributed by atoms with E-state index in [4.69, 9.17) is 0 Å². The van der Waals surface area contributed by atoms with Gasteiger partial charge in [-0.1, -0.05) is 0 Å². The summed E-state index contributed by atoms with van der Waals surface area (Å²) in [5.74, 6) is 0.320. The Morgan fingerprint density at radius 1 is 1.47 bits per heavy atom. The second-order valence-electron chi connectivity index (χ2n) is 5.85. The van der Waals surface area contributed by atoms with Crippen LogP contribution >= 0.6 is 11.3 Å². The van der Waals surface area contributed by atoms with E-state index in [0.29, 0.717) is 18.0 Å². The minimum atomic E-state index is 0.0752. The van der Waals surface area contributed by atoms with Gasteiger partial charge in [0.25, 0.3) is 0 Å². The number of likely N-dealkylation sites (tertiary alicyclic amines) is 1. The summed E-state index contributed by atoms with van der Waals surface area (Å²) in [7, 11) is 0. The number of carbonyl (C=O) groups is 1. The van der Waals surface area contributed by atoms with Crippen molar-refractivity contribution in [1.29, 1.82) is 0 Å². The van der Waals surface area contributed by atoms with Gasteiger partial charge in [0.05, 0.1) is 6.04 Å². The number of amides is 1. The normalized spacial score (nSPS) is 25.6. The fraction of sp³-hybridized carbons (Fsp3) is 0.667. The quantitative estimate of drug-likeness (QED) is 0.897. The number of hydrogen-bond acceptors (Lipinski definition) is 3. The van der Waals surface area contributed by atoms with Crippen LogP contribution in [0.2, 0.25) is 0 Å². The third kappa shape index (κ3) is 3.18. The first-order valence-corrected chi connectivity index (χ1v) is 8.26. The molecule has 0 aromatic carbocycles.